The van der Waals surface area contributed by atoms with Crippen LogP contribution in [0.2, 0.25) is 5.02 Å². The number of nitrogens with two attached hydrogens (primary N) is 1. The second-order valence-electron chi connectivity index (χ2n) is 8.44. The third kappa shape index (κ3) is 3.91. The molecule has 0 fully saturated rings. The summed E-state index contributed by atoms with van der Waals surface area (Å²) in [6, 6.07) is 12.2. The summed E-state index contributed by atoms with van der Waals surface area (Å²) in [5.41, 5.74) is 7.99. The summed E-state index contributed by atoms with van der Waals surface area (Å²) in [6.07, 6.45) is 0. The lowest BCUT2D eigenvalue weighted by atomic mass is 10.1. The predicted molar refractivity (Wildman–Crippen MR) is 136 cm³/mol. The average molecular weight is 491 g/mol. The zero-order chi connectivity index (χ0) is 24.9. The van der Waals surface area contributed by atoms with Gasteiger partial charge in [-0.3, -0.25) is 14.2 Å². The molecule has 2 aromatic heterocycles. The number of hydrogen-bond acceptors (Lipinski definition) is 8. The van der Waals surface area contributed by atoms with Gasteiger partial charge in [0.25, 0.3) is 11.5 Å². The number of carbonyl (C=O) groups is 1. The minimum absolute atomic E-state index is 0.0117. The monoisotopic (exact) mass is 490 g/mol. The number of fused-ring (bicyclic) bond motifs is 2. The van der Waals surface area contributed by atoms with E-state index in [4.69, 9.17) is 22.3 Å². The summed E-state index contributed by atoms with van der Waals surface area (Å²) in [6.45, 7) is 4.08. The molecule has 35 heavy (non-hydrogen) atoms. The van der Waals surface area contributed by atoms with E-state index in [9.17, 15) is 9.59 Å². The van der Waals surface area contributed by atoms with Crippen LogP contribution in [0.4, 0.5) is 17.6 Å². The van der Waals surface area contributed by atoms with E-state index in [0.717, 1.165) is 5.56 Å². The van der Waals surface area contributed by atoms with Crippen LogP contribution >= 0.6 is 11.6 Å². The lowest BCUT2D eigenvalue weighted by molar-refractivity contribution is 0.0796. The van der Waals surface area contributed by atoms with Gasteiger partial charge in [0.2, 0.25) is 5.95 Å². The summed E-state index contributed by atoms with van der Waals surface area (Å²) in [5.74, 6) is 0.788. The Labute approximate surface area is 205 Å². The fourth-order valence-electron chi connectivity index (χ4n) is 4.15. The van der Waals surface area contributed by atoms with Gasteiger partial charge in [0.05, 0.1) is 34.3 Å². The molecular weight excluding hydrogens is 468 g/mol. The fraction of sp³-hybridized carbons (Fsp3) is 0.208. The van der Waals surface area contributed by atoms with Crippen LogP contribution in [0, 0.1) is 6.92 Å². The quantitative estimate of drug-likeness (QED) is 0.397. The Morgan fingerprint density at radius 2 is 1.91 bits per heavy atom. The Bertz CT molecular complexity index is 1550. The van der Waals surface area contributed by atoms with Crippen molar-refractivity contribution in [2.75, 3.05) is 30.1 Å². The predicted octanol–water partition coefficient (Wildman–Crippen LogP) is 3.35. The maximum absolute atomic E-state index is 13.7. The Hall–Kier alpha value is -4.18. The highest BCUT2D eigenvalue weighted by molar-refractivity contribution is 6.35. The number of halogens is 1. The number of carbonyl (C=O) groups excluding carboxylic acids is 1. The lowest BCUT2D eigenvalue weighted by Gasteiger charge is -2.28. The van der Waals surface area contributed by atoms with Gasteiger partial charge in [-0.25, -0.2) is 4.98 Å². The molecule has 4 N–H and O–H groups in total. The second kappa shape index (κ2) is 8.55. The van der Waals surface area contributed by atoms with Gasteiger partial charge >= 0.3 is 0 Å². The van der Waals surface area contributed by atoms with E-state index in [1.54, 1.807) is 25.2 Å². The van der Waals surface area contributed by atoms with Crippen LogP contribution < -0.4 is 21.9 Å². The van der Waals surface area contributed by atoms with Crippen molar-refractivity contribution in [1.29, 1.82) is 0 Å². The summed E-state index contributed by atoms with van der Waals surface area (Å²) in [7, 11) is 1.67. The van der Waals surface area contributed by atoms with Crippen LogP contribution in [0.3, 0.4) is 0 Å². The normalized spacial score (nSPS) is 13.9. The van der Waals surface area contributed by atoms with Crippen molar-refractivity contribution in [2.24, 2.45) is 0 Å². The van der Waals surface area contributed by atoms with Crippen LogP contribution in [0.15, 0.2) is 47.3 Å². The second-order valence-corrected chi connectivity index (χ2v) is 8.85. The maximum atomic E-state index is 13.7. The highest BCUT2D eigenvalue weighted by atomic mass is 35.5. The van der Waals surface area contributed by atoms with Crippen molar-refractivity contribution < 1.29 is 4.79 Å². The van der Waals surface area contributed by atoms with Crippen LogP contribution in [-0.4, -0.2) is 44.0 Å². The average Bonchev–Trinajstić information content (AvgIpc) is 2.81. The van der Waals surface area contributed by atoms with E-state index in [2.05, 4.69) is 20.6 Å². The Morgan fingerprint density at radius 1 is 1.14 bits per heavy atom. The standard InChI is InChI=1S/C24H23ClN8O2/c1-12-6-4-7-14(10-12)33-21(29-16-9-5-8-15(25)17(16)23(33)35)13(2)28-20-18-19(30-24(26)31-20)27-11-32(3)22(18)34/h4-10,13H,11H2,1-3H3,(H4,26,27,28,30,31). The lowest BCUT2D eigenvalue weighted by Crippen LogP contribution is -2.38. The molecule has 5 rings (SSSR count). The molecule has 0 saturated heterocycles. The van der Waals surface area contributed by atoms with Crippen molar-refractivity contribution in [3.8, 4) is 5.69 Å². The molecule has 0 bridgehead atoms. The van der Waals surface area contributed by atoms with Gasteiger partial charge in [-0.2, -0.15) is 9.97 Å². The van der Waals surface area contributed by atoms with Gasteiger partial charge in [0, 0.05) is 7.05 Å². The summed E-state index contributed by atoms with van der Waals surface area (Å²) in [4.78, 5) is 41.4. The Morgan fingerprint density at radius 3 is 2.69 bits per heavy atom. The number of hydrogen-bond donors (Lipinski definition) is 3. The zero-order valence-corrected chi connectivity index (χ0v) is 20.1. The maximum Gasteiger partial charge on any atom is 0.267 e. The van der Waals surface area contributed by atoms with E-state index in [0.29, 0.717) is 39.9 Å². The first-order chi connectivity index (χ1) is 16.7. The smallest absolute Gasteiger partial charge is 0.267 e. The third-order valence-electron chi connectivity index (χ3n) is 5.84. The molecule has 0 radical (unpaired) electrons. The molecule has 0 aliphatic carbocycles. The van der Waals surface area contributed by atoms with Crippen molar-refractivity contribution in [3.63, 3.8) is 0 Å². The van der Waals surface area contributed by atoms with Crippen LogP contribution in [0.5, 0.6) is 0 Å². The summed E-state index contributed by atoms with van der Waals surface area (Å²) < 4.78 is 1.53. The zero-order valence-electron chi connectivity index (χ0n) is 19.3. The van der Waals surface area contributed by atoms with E-state index >= 15 is 0 Å². The molecule has 0 saturated carbocycles. The van der Waals surface area contributed by atoms with Crippen LogP contribution in [0.25, 0.3) is 16.6 Å². The number of benzene rings is 2. The van der Waals surface area contributed by atoms with E-state index in [1.807, 2.05) is 38.1 Å². The van der Waals surface area contributed by atoms with Gasteiger partial charge in [-0.15, -0.1) is 0 Å². The molecule has 4 aromatic rings. The molecule has 1 aliphatic rings. The van der Waals surface area contributed by atoms with Crippen molar-refractivity contribution in [3.05, 3.63) is 74.8 Å². The first-order valence-corrected chi connectivity index (χ1v) is 11.3. The highest BCUT2D eigenvalue weighted by Crippen LogP contribution is 2.30. The molecule has 178 valence electrons. The molecule has 1 aliphatic heterocycles. The molecule has 1 unspecified atom stereocenters. The number of aromatic nitrogens is 4. The minimum atomic E-state index is -0.551. The van der Waals surface area contributed by atoms with Crippen molar-refractivity contribution in [1.82, 2.24) is 24.4 Å². The van der Waals surface area contributed by atoms with E-state index < -0.39 is 6.04 Å². The molecule has 10 nitrogen and oxygen atoms in total. The molecule has 3 heterocycles. The summed E-state index contributed by atoms with van der Waals surface area (Å²) >= 11 is 6.39. The molecule has 11 heteroatoms. The van der Waals surface area contributed by atoms with E-state index in [1.165, 1.54) is 9.47 Å². The first kappa shape index (κ1) is 22.6. The minimum Gasteiger partial charge on any atom is -0.368 e. The number of amides is 1. The number of anilines is 3. The molecule has 0 spiro atoms. The van der Waals surface area contributed by atoms with Gasteiger partial charge in [-0.1, -0.05) is 29.8 Å². The molecular formula is C24H23ClN8O2. The summed E-state index contributed by atoms with van der Waals surface area (Å²) in [5, 5.41) is 6.96. The van der Waals surface area contributed by atoms with Gasteiger partial charge in [0.15, 0.2) is 0 Å². The van der Waals surface area contributed by atoms with Crippen LogP contribution in [-0.2, 0) is 0 Å². The number of rotatable bonds is 4. The SMILES string of the molecule is Cc1cccc(-n2c(C(C)Nc3nc(N)nc4c3C(=O)N(C)CN4)nc3cccc(Cl)c3c2=O)c1. The van der Waals surface area contributed by atoms with Crippen molar-refractivity contribution >= 4 is 46.0 Å². The van der Waals surface area contributed by atoms with E-state index in [-0.39, 0.29) is 28.8 Å². The Kier molecular flexibility index (Phi) is 5.52. The number of aryl methyl sites for hydroxylation is 1. The third-order valence-corrected chi connectivity index (χ3v) is 6.16. The van der Waals surface area contributed by atoms with Gasteiger partial charge in [0.1, 0.15) is 23.0 Å². The molecule has 1 amide bonds. The highest BCUT2D eigenvalue weighted by Gasteiger charge is 2.29. The number of nitrogens with one attached hydrogen (secondary N) is 2. The molecule has 2 aromatic carbocycles. The fourth-order valence-corrected chi connectivity index (χ4v) is 4.40. The number of nitrogens with zero attached hydrogens (tertiary/aromatic N) is 5. The first-order valence-electron chi connectivity index (χ1n) is 11.0. The van der Waals surface area contributed by atoms with Crippen molar-refractivity contribution in [2.45, 2.75) is 19.9 Å². The Balaban J connectivity index is 1.70. The number of nitrogen functional groups attached to an aromatic ring is 1. The largest absolute Gasteiger partial charge is 0.368 e. The van der Waals surface area contributed by atoms with Crippen LogP contribution in [0.1, 0.15) is 34.7 Å². The molecule has 1 atom stereocenters. The van der Waals surface area contributed by atoms with Gasteiger partial charge in [-0.05, 0) is 43.7 Å². The topological polar surface area (TPSA) is 131 Å². The van der Waals surface area contributed by atoms with Gasteiger partial charge < -0.3 is 21.3 Å².